The number of unbranched alkanes of at least 4 members (excludes halogenated alkanes) is 12. The third-order valence-electron chi connectivity index (χ3n) is 12.5. The van der Waals surface area contributed by atoms with Gasteiger partial charge in [0.1, 0.15) is 30.9 Å². The molecule has 0 aromatic carbocycles. The molecule has 2 aliphatic heterocycles. The molecule has 73 heavy (non-hydrogen) atoms. The molecule has 3 rings (SSSR count). The van der Waals surface area contributed by atoms with E-state index in [9.17, 15) is 58.8 Å². The number of phosphoric ester groups is 2. The zero-order chi connectivity index (χ0) is 53.7. The van der Waals surface area contributed by atoms with Crippen LogP contribution in [-0.4, -0.2) is 119 Å². The van der Waals surface area contributed by atoms with Crippen LogP contribution < -0.4 is 11.4 Å². The second-order valence-corrected chi connectivity index (χ2v) is 21.7. The van der Waals surface area contributed by atoms with Gasteiger partial charge in [-0.2, -0.15) is 9.29 Å². The molecule has 0 radical (unpaired) electrons. The lowest BCUT2D eigenvalue weighted by Crippen LogP contribution is -2.52. The van der Waals surface area contributed by atoms with Crippen molar-refractivity contribution in [3.8, 4) is 0 Å². The van der Waals surface area contributed by atoms with E-state index in [1.54, 1.807) is 0 Å². The summed E-state index contributed by atoms with van der Waals surface area (Å²) in [5.41, 5.74) is 4.73. The van der Waals surface area contributed by atoms with Crippen molar-refractivity contribution in [2.45, 2.75) is 198 Å². The van der Waals surface area contributed by atoms with Crippen LogP contribution in [0.4, 0.5) is 5.82 Å². The lowest BCUT2D eigenvalue weighted by molar-refractivity contribution is -0.194. The number of anilines is 1. The van der Waals surface area contributed by atoms with Gasteiger partial charge in [0.15, 0.2) is 6.10 Å². The van der Waals surface area contributed by atoms with Crippen LogP contribution in [0.5, 0.6) is 0 Å². The van der Waals surface area contributed by atoms with E-state index in [-0.39, 0.29) is 18.7 Å². The molecule has 416 valence electrons. The highest BCUT2D eigenvalue weighted by molar-refractivity contribution is 7.61. The maximum atomic E-state index is 13.3. The maximum absolute atomic E-state index is 13.3. The number of phosphoric acid groups is 2. The first-order valence-corrected chi connectivity index (χ1v) is 28.9. The lowest BCUT2D eigenvalue weighted by atomic mass is 9.82. The fourth-order valence-corrected chi connectivity index (χ4v) is 10.4. The number of carbonyl (C=O) groups is 2. The molecule has 2 aliphatic rings. The Bertz CT molecular complexity index is 2040. The van der Waals surface area contributed by atoms with Crippen LogP contribution in [0.25, 0.3) is 0 Å². The number of nitrogens with zero attached hydrogens (tertiary/aromatic N) is 2. The van der Waals surface area contributed by atoms with Gasteiger partial charge in [-0.25, -0.2) is 13.9 Å². The number of rotatable bonds is 25. The quantitative estimate of drug-likeness (QED) is 0.0213. The normalized spacial score (nSPS) is 30.3. The Morgan fingerprint density at radius 3 is 2.15 bits per heavy atom. The molecule has 2 bridgehead atoms. The van der Waals surface area contributed by atoms with E-state index in [1.165, 1.54) is 49.6 Å². The Balaban J connectivity index is 1.74. The first-order valence-electron chi connectivity index (χ1n) is 25.9. The standard InChI is InChI=1S/C50H83N3O18P2/c1-3-5-7-8-9-10-11-12-13-14-15-16-17-18-19-20-22-27-45(57)66-34-38-35-67-72(62,63)71-73(64,65)68-36-43-48(60)47(59)39(30-29-37(54)25-21-6-4-2)41(55)33-42(56)40(26-23-24-28-46(58)69-38)49(70-43)53-32-31-44(51)52-50(53)61/h9-10,12-13,23-24,29-32,37-43,47-49,54-56,59-60H,3-8,11,14-22,25-28,33-36H2,1-2H3,(H,62,63)(H,64,65)(H2,51,52,61)/b10-9-,13-12-,24-23-,30-29?/t37-,38-,39+,40-,41-,42+,43-,47+,48-,49-/m1/s1. The van der Waals surface area contributed by atoms with Crippen LogP contribution in [0.2, 0.25) is 0 Å². The number of ether oxygens (including phenoxy) is 3. The van der Waals surface area contributed by atoms with Gasteiger partial charge in [0, 0.05) is 30.9 Å². The molecule has 0 spiro atoms. The van der Waals surface area contributed by atoms with E-state index in [4.69, 9.17) is 29.0 Å². The van der Waals surface area contributed by atoms with Crippen LogP contribution >= 0.6 is 15.6 Å². The van der Waals surface area contributed by atoms with Gasteiger partial charge < -0.3 is 55.3 Å². The topological polar surface area (TPSA) is 326 Å². The largest absolute Gasteiger partial charge is 0.481 e. The van der Waals surface area contributed by atoms with Crippen molar-refractivity contribution in [3.05, 3.63) is 71.4 Å². The predicted molar refractivity (Wildman–Crippen MR) is 272 cm³/mol. The fourth-order valence-electron chi connectivity index (χ4n) is 8.30. The minimum Gasteiger partial charge on any atom is -0.462 e. The Morgan fingerprint density at radius 1 is 0.849 bits per heavy atom. The number of aliphatic hydroxyl groups is 5. The van der Waals surface area contributed by atoms with Crippen molar-refractivity contribution in [2.24, 2.45) is 11.8 Å². The van der Waals surface area contributed by atoms with Crippen molar-refractivity contribution in [1.29, 1.82) is 0 Å². The summed E-state index contributed by atoms with van der Waals surface area (Å²) >= 11 is 0. The predicted octanol–water partition coefficient (Wildman–Crippen LogP) is 6.94. The maximum Gasteiger partial charge on any atom is 0.481 e. The third-order valence-corrected chi connectivity index (χ3v) is 15.1. The number of esters is 2. The summed E-state index contributed by atoms with van der Waals surface area (Å²) in [6, 6.07) is 1.22. The van der Waals surface area contributed by atoms with Gasteiger partial charge in [-0.05, 0) is 57.4 Å². The summed E-state index contributed by atoms with van der Waals surface area (Å²) < 4.78 is 58.6. The van der Waals surface area contributed by atoms with Crippen molar-refractivity contribution in [1.82, 2.24) is 9.55 Å². The summed E-state index contributed by atoms with van der Waals surface area (Å²) in [6.07, 6.45) is 17.0. The molecule has 1 saturated heterocycles. The Hall–Kier alpha value is -3.40. The Labute approximate surface area is 429 Å². The van der Waals surface area contributed by atoms with Crippen molar-refractivity contribution < 1.29 is 81.6 Å². The van der Waals surface area contributed by atoms with Gasteiger partial charge in [-0.15, -0.1) is 0 Å². The zero-order valence-corrected chi connectivity index (χ0v) is 44.3. The fraction of sp³-hybridized carbons (Fsp3) is 0.720. The molecule has 0 saturated carbocycles. The smallest absolute Gasteiger partial charge is 0.462 e. The van der Waals surface area contributed by atoms with Crippen molar-refractivity contribution >= 4 is 33.4 Å². The average molecular weight is 1080 g/mol. The first-order chi connectivity index (χ1) is 34.9. The zero-order valence-electron chi connectivity index (χ0n) is 42.5. The van der Waals surface area contributed by atoms with Crippen LogP contribution in [0.15, 0.2) is 65.7 Å². The van der Waals surface area contributed by atoms with Gasteiger partial charge in [0.05, 0.1) is 44.1 Å². The first kappa shape index (κ1) is 63.9. The van der Waals surface area contributed by atoms with E-state index in [2.05, 4.69) is 40.5 Å². The molecule has 1 fully saturated rings. The number of fused-ring (bicyclic) bond motifs is 3. The van der Waals surface area contributed by atoms with Gasteiger partial charge in [-0.3, -0.25) is 23.2 Å². The van der Waals surface area contributed by atoms with Crippen LogP contribution in [-0.2, 0) is 46.3 Å². The molecule has 23 heteroatoms. The molecule has 12 atom stereocenters. The molecule has 2 unspecified atom stereocenters. The lowest BCUT2D eigenvalue weighted by Gasteiger charge is -2.40. The highest BCUT2D eigenvalue weighted by Gasteiger charge is 2.45. The van der Waals surface area contributed by atoms with Crippen molar-refractivity contribution in [3.63, 3.8) is 0 Å². The highest BCUT2D eigenvalue weighted by Crippen LogP contribution is 2.60. The molecular weight excluding hydrogens is 993 g/mol. The number of aliphatic hydroxyl groups excluding tert-OH is 5. The molecule has 9 N–H and O–H groups in total. The highest BCUT2D eigenvalue weighted by atomic mass is 31.3. The number of allylic oxidation sites excluding steroid dienone is 5. The summed E-state index contributed by atoms with van der Waals surface area (Å²) in [5, 5.41) is 57.3. The Morgan fingerprint density at radius 2 is 1.48 bits per heavy atom. The summed E-state index contributed by atoms with van der Waals surface area (Å²) in [7, 11) is -11.3. The molecule has 0 amide bonds. The SMILES string of the molecule is CCCCC/C=C\C/C=C\CCCCCCCCCC(=O)OC[C@@H]1COP(=O)(O)OP(=O)(O)OC[C@H]2O[C@@H](n3ccc(N)nc3=O)[C@H](C/C=C\CC(=O)O1)[C@@H](O)C[C@@H](O)[C@H](C=C[C@H](O)CCCCC)[C@H](O)[C@@H]2O. The van der Waals surface area contributed by atoms with Crippen LogP contribution in [0.3, 0.4) is 0 Å². The monoisotopic (exact) mass is 1080 g/mol. The number of hydrogen-bond donors (Lipinski definition) is 8. The molecule has 21 nitrogen and oxygen atoms in total. The number of nitrogens with two attached hydrogens (primary N) is 1. The van der Waals surface area contributed by atoms with E-state index < -0.39 is 127 Å². The minimum atomic E-state index is -5.69. The average Bonchev–Trinajstić information content (AvgIpc) is 3.33. The van der Waals surface area contributed by atoms with Crippen LogP contribution in [0.1, 0.15) is 155 Å². The van der Waals surface area contributed by atoms with Gasteiger partial charge in [0.25, 0.3) is 0 Å². The molecule has 0 aliphatic carbocycles. The van der Waals surface area contributed by atoms with E-state index in [1.807, 2.05) is 6.92 Å². The third kappa shape index (κ3) is 25.8. The van der Waals surface area contributed by atoms with E-state index >= 15 is 0 Å². The van der Waals surface area contributed by atoms with Gasteiger partial charge in [-0.1, -0.05) is 127 Å². The number of cyclic esters (lactones) is 1. The van der Waals surface area contributed by atoms with Gasteiger partial charge >= 0.3 is 33.3 Å². The minimum absolute atomic E-state index is 0.0500. The van der Waals surface area contributed by atoms with Crippen LogP contribution in [0, 0.1) is 11.8 Å². The van der Waals surface area contributed by atoms with E-state index in [0.717, 1.165) is 81.4 Å². The summed E-state index contributed by atoms with van der Waals surface area (Å²) in [5.74, 6) is -4.43. The van der Waals surface area contributed by atoms with Gasteiger partial charge in [0.2, 0.25) is 0 Å². The second-order valence-electron chi connectivity index (χ2n) is 18.7. The van der Waals surface area contributed by atoms with E-state index in [0.29, 0.717) is 19.3 Å². The molecule has 1 aromatic rings. The summed E-state index contributed by atoms with van der Waals surface area (Å²) in [6.45, 7) is 1.41. The number of hydrogen-bond acceptors (Lipinski definition) is 18. The molecule has 1 aromatic heterocycles. The Kier molecular flexibility index (Phi) is 30.7. The van der Waals surface area contributed by atoms with Crippen molar-refractivity contribution in [2.75, 3.05) is 25.6 Å². The molecule has 3 heterocycles. The summed E-state index contributed by atoms with van der Waals surface area (Å²) in [4.78, 5) is 64.1. The second kappa shape index (κ2) is 35.0. The number of carbonyl (C=O) groups excluding carboxylic acids is 2. The molecular formula is C50H83N3O18P2. The number of nitrogen functional groups attached to an aromatic ring is 1. The number of aromatic nitrogens is 2.